The van der Waals surface area contributed by atoms with E-state index in [-0.39, 0.29) is 29.9 Å². The third kappa shape index (κ3) is 3.46. The van der Waals surface area contributed by atoms with Gasteiger partial charge in [0.25, 0.3) is 5.56 Å². The molecule has 0 amide bonds. The molecule has 1 fully saturated rings. The summed E-state index contributed by atoms with van der Waals surface area (Å²) in [5, 5.41) is 1.21. The van der Waals surface area contributed by atoms with Gasteiger partial charge in [0, 0.05) is 23.3 Å². The van der Waals surface area contributed by atoms with E-state index in [1.54, 1.807) is 30.0 Å². The molecular weight excluding hydrogens is 360 g/mol. The van der Waals surface area contributed by atoms with Crippen molar-refractivity contribution in [2.45, 2.75) is 48.4 Å². The van der Waals surface area contributed by atoms with Gasteiger partial charge in [-0.1, -0.05) is 49.2 Å². The number of benzene rings is 1. The maximum absolute atomic E-state index is 13.1. The maximum atomic E-state index is 13.1. The van der Waals surface area contributed by atoms with Crippen LogP contribution in [0.1, 0.15) is 47.5 Å². The molecule has 0 saturated heterocycles. The van der Waals surface area contributed by atoms with E-state index in [4.69, 9.17) is 4.74 Å². The minimum Gasteiger partial charge on any atom is -0.456 e. The lowest BCUT2D eigenvalue weighted by Crippen LogP contribution is -2.30. The zero-order valence-corrected chi connectivity index (χ0v) is 15.9. The van der Waals surface area contributed by atoms with Crippen LogP contribution >= 0.6 is 11.8 Å². The number of nitrogens with zero attached hydrogens (tertiary/aromatic N) is 2. The predicted molar refractivity (Wildman–Crippen MR) is 106 cm³/mol. The van der Waals surface area contributed by atoms with Crippen molar-refractivity contribution in [3.8, 4) is 6.01 Å². The standard InChI is InChI=1S/C21H22N2O3S/c1-2-12-23-20(25)18-15-10-6-7-11-17(15)27-19(18)22-21(23)26-13-16(24)14-8-4-3-5-9-14/h2-5,8-9,15,17H,1,6-7,10-13H2. The monoisotopic (exact) mass is 382 g/mol. The van der Waals surface area contributed by atoms with Crippen molar-refractivity contribution in [2.24, 2.45) is 0 Å². The highest BCUT2D eigenvalue weighted by Gasteiger charge is 2.39. The fraction of sp³-hybridized carbons (Fsp3) is 0.381. The van der Waals surface area contributed by atoms with Gasteiger partial charge in [0.15, 0.2) is 12.4 Å². The van der Waals surface area contributed by atoms with Crippen LogP contribution in [0.2, 0.25) is 0 Å². The van der Waals surface area contributed by atoms with Gasteiger partial charge in [-0.25, -0.2) is 0 Å². The fourth-order valence-electron chi connectivity index (χ4n) is 3.89. The maximum Gasteiger partial charge on any atom is 0.301 e. The second-order valence-corrected chi connectivity index (χ2v) is 8.17. The molecule has 6 heteroatoms. The van der Waals surface area contributed by atoms with E-state index in [1.807, 2.05) is 18.2 Å². The van der Waals surface area contributed by atoms with Crippen LogP contribution in [0.4, 0.5) is 0 Å². The minimum atomic E-state index is -0.149. The van der Waals surface area contributed by atoms with Gasteiger partial charge in [-0.15, -0.1) is 18.3 Å². The van der Waals surface area contributed by atoms with Crippen LogP contribution in [0, 0.1) is 0 Å². The molecule has 0 bridgehead atoms. The molecule has 0 spiro atoms. The Kier molecular flexibility index (Phi) is 5.16. The van der Waals surface area contributed by atoms with Gasteiger partial charge in [-0.05, 0) is 12.8 Å². The Labute approximate surface area is 162 Å². The van der Waals surface area contributed by atoms with Gasteiger partial charge in [0.05, 0.1) is 5.56 Å². The molecule has 1 saturated carbocycles. The Morgan fingerprint density at radius 2 is 2.07 bits per heavy atom. The molecule has 2 aliphatic rings. The number of Topliss-reactive ketones (excluding diaryl/α,β-unsaturated/α-hetero) is 1. The molecule has 2 atom stereocenters. The van der Waals surface area contributed by atoms with Crippen molar-refractivity contribution >= 4 is 17.5 Å². The summed E-state index contributed by atoms with van der Waals surface area (Å²) in [7, 11) is 0. The molecule has 1 aromatic heterocycles. The van der Waals surface area contributed by atoms with Gasteiger partial charge in [-0.2, -0.15) is 4.98 Å². The highest BCUT2D eigenvalue weighted by Crippen LogP contribution is 2.50. The SMILES string of the molecule is C=CCn1c(OCC(=O)c2ccccc2)nc2c(c1=O)C1CCCCC1S2. The highest BCUT2D eigenvalue weighted by molar-refractivity contribution is 8.00. The summed E-state index contributed by atoms with van der Waals surface area (Å²) in [5.74, 6) is 0.145. The molecule has 1 aromatic carbocycles. The Morgan fingerprint density at radius 3 is 2.85 bits per heavy atom. The van der Waals surface area contributed by atoms with Crippen LogP contribution in [-0.4, -0.2) is 27.2 Å². The first-order valence-corrected chi connectivity index (χ1v) is 10.2. The predicted octanol–water partition coefficient (Wildman–Crippen LogP) is 3.82. The number of carbonyl (C=O) groups is 1. The lowest BCUT2D eigenvalue weighted by atomic mass is 9.85. The van der Waals surface area contributed by atoms with Crippen molar-refractivity contribution in [3.63, 3.8) is 0 Å². The molecule has 1 aliphatic carbocycles. The van der Waals surface area contributed by atoms with Crippen LogP contribution in [0.25, 0.3) is 0 Å². The summed E-state index contributed by atoms with van der Waals surface area (Å²) in [6.45, 7) is 3.91. The lowest BCUT2D eigenvalue weighted by Gasteiger charge is -2.23. The number of allylic oxidation sites excluding steroid dienone is 1. The third-order valence-electron chi connectivity index (χ3n) is 5.21. The first-order valence-electron chi connectivity index (χ1n) is 9.32. The molecule has 1 aliphatic heterocycles. The molecule has 0 N–H and O–H groups in total. The Balaban J connectivity index is 1.63. The average Bonchev–Trinajstić information content (AvgIpc) is 3.07. The van der Waals surface area contributed by atoms with Crippen LogP contribution in [0.5, 0.6) is 6.01 Å². The number of thioether (sulfide) groups is 1. The van der Waals surface area contributed by atoms with E-state index in [0.717, 1.165) is 29.9 Å². The van der Waals surface area contributed by atoms with Crippen LogP contribution < -0.4 is 10.3 Å². The third-order valence-corrected chi connectivity index (χ3v) is 6.61. The van der Waals surface area contributed by atoms with Gasteiger partial charge in [0.2, 0.25) is 0 Å². The van der Waals surface area contributed by atoms with Crippen molar-refractivity contribution in [1.29, 1.82) is 0 Å². The van der Waals surface area contributed by atoms with E-state index in [9.17, 15) is 9.59 Å². The molecular formula is C21H22N2O3S. The first-order chi connectivity index (χ1) is 13.2. The van der Waals surface area contributed by atoms with Crippen molar-refractivity contribution < 1.29 is 9.53 Å². The fourth-order valence-corrected chi connectivity index (χ4v) is 5.39. The molecule has 2 unspecified atom stereocenters. The van der Waals surface area contributed by atoms with E-state index in [0.29, 0.717) is 17.4 Å². The number of ether oxygens (including phenoxy) is 1. The number of carbonyl (C=O) groups excluding carboxylic acids is 1. The average molecular weight is 382 g/mol. The van der Waals surface area contributed by atoms with Crippen LogP contribution in [0.15, 0.2) is 52.8 Å². The number of hydrogen-bond donors (Lipinski definition) is 0. The Hall–Kier alpha value is -2.34. The Bertz CT molecular complexity index is 923. The second-order valence-electron chi connectivity index (χ2n) is 6.94. The van der Waals surface area contributed by atoms with Crippen LogP contribution in [0.3, 0.4) is 0 Å². The highest BCUT2D eigenvalue weighted by atomic mass is 32.2. The number of hydrogen-bond acceptors (Lipinski definition) is 5. The number of rotatable bonds is 6. The second kappa shape index (κ2) is 7.72. The molecule has 2 aromatic rings. The zero-order valence-electron chi connectivity index (χ0n) is 15.1. The van der Waals surface area contributed by atoms with E-state index in [1.165, 1.54) is 11.0 Å². The molecule has 2 heterocycles. The summed E-state index contributed by atoms with van der Waals surface area (Å²) in [6.07, 6.45) is 6.18. The quantitative estimate of drug-likeness (QED) is 0.432. The molecule has 0 radical (unpaired) electrons. The van der Waals surface area contributed by atoms with Crippen molar-refractivity contribution in [2.75, 3.05) is 6.61 Å². The zero-order chi connectivity index (χ0) is 18.8. The van der Waals surface area contributed by atoms with Crippen molar-refractivity contribution in [3.05, 3.63) is 64.5 Å². The first kappa shape index (κ1) is 18.0. The van der Waals surface area contributed by atoms with Gasteiger partial charge in [-0.3, -0.25) is 14.2 Å². The summed E-state index contributed by atoms with van der Waals surface area (Å²) < 4.78 is 7.21. The van der Waals surface area contributed by atoms with Crippen LogP contribution in [-0.2, 0) is 6.54 Å². The number of ketones is 1. The van der Waals surface area contributed by atoms with E-state index >= 15 is 0 Å². The number of aromatic nitrogens is 2. The summed E-state index contributed by atoms with van der Waals surface area (Å²) in [4.78, 5) is 30.1. The van der Waals surface area contributed by atoms with Gasteiger partial charge >= 0.3 is 6.01 Å². The summed E-state index contributed by atoms with van der Waals surface area (Å²) in [6, 6.07) is 9.19. The van der Waals surface area contributed by atoms with Gasteiger partial charge < -0.3 is 4.74 Å². The lowest BCUT2D eigenvalue weighted by molar-refractivity contribution is 0.0908. The summed E-state index contributed by atoms with van der Waals surface area (Å²) in [5.41, 5.74) is 1.36. The minimum absolute atomic E-state index is 0.0519. The summed E-state index contributed by atoms with van der Waals surface area (Å²) >= 11 is 1.69. The van der Waals surface area contributed by atoms with Gasteiger partial charge in [0.1, 0.15) is 5.03 Å². The Morgan fingerprint density at radius 1 is 1.30 bits per heavy atom. The smallest absolute Gasteiger partial charge is 0.301 e. The van der Waals surface area contributed by atoms with Crippen molar-refractivity contribution in [1.82, 2.24) is 9.55 Å². The molecule has 27 heavy (non-hydrogen) atoms. The molecule has 140 valence electrons. The normalized spacial score (nSPS) is 20.6. The topological polar surface area (TPSA) is 61.2 Å². The molecule has 5 nitrogen and oxygen atoms in total. The van der Waals surface area contributed by atoms with E-state index in [2.05, 4.69) is 11.6 Å². The number of fused-ring (bicyclic) bond motifs is 3. The van der Waals surface area contributed by atoms with E-state index < -0.39 is 0 Å². The largest absolute Gasteiger partial charge is 0.456 e. The molecule has 4 rings (SSSR count).